The van der Waals surface area contributed by atoms with Crippen LogP contribution in [-0.2, 0) is 14.8 Å². The van der Waals surface area contributed by atoms with E-state index < -0.39 is 10.0 Å². The molecule has 5 nitrogen and oxygen atoms in total. The molecule has 3 rings (SSSR count). The Morgan fingerprint density at radius 3 is 2.47 bits per heavy atom. The standard InChI is InChI=1S/C13H18N2O3S/c1-9-6-10(14)2-5-13(9)19(16,17)15-7-11-3-4-12(8-15)18-11/h2,5-6,11-12H,3-4,7-8,14H2,1H3. The Balaban J connectivity index is 1.94. The first-order valence-corrected chi connectivity index (χ1v) is 7.92. The van der Waals surface area contributed by atoms with Gasteiger partial charge < -0.3 is 10.5 Å². The monoisotopic (exact) mass is 282 g/mol. The summed E-state index contributed by atoms with van der Waals surface area (Å²) >= 11 is 0. The lowest BCUT2D eigenvalue weighted by Crippen LogP contribution is -2.45. The Morgan fingerprint density at radius 2 is 1.89 bits per heavy atom. The zero-order valence-corrected chi connectivity index (χ0v) is 11.7. The summed E-state index contributed by atoms with van der Waals surface area (Å²) in [4.78, 5) is 0.350. The number of anilines is 1. The lowest BCUT2D eigenvalue weighted by Gasteiger charge is -2.31. The number of aryl methyl sites for hydroxylation is 1. The molecule has 0 amide bonds. The van der Waals surface area contributed by atoms with E-state index in [0.717, 1.165) is 12.8 Å². The van der Waals surface area contributed by atoms with Gasteiger partial charge in [-0.1, -0.05) is 0 Å². The number of benzene rings is 1. The van der Waals surface area contributed by atoms with Gasteiger partial charge in [0.2, 0.25) is 10.0 Å². The molecule has 2 N–H and O–H groups in total. The molecule has 1 aromatic carbocycles. The fourth-order valence-corrected chi connectivity index (χ4v) is 4.58. The van der Waals surface area contributed by atoms with Crippen LogP contribution >= 0.6 is 0 Å². The lowest BCUT2D eigenvalue weighted by molar-refractivity contribution is -0.0114. The second kappa shape index (κ2) is 4.47. The molecule has 2 aliphatic rings. The minimum Gasteiger partial charge on any atom is -0.399 e. The highest BCUT2D eigenvalue weighted by Gasteiger charge is 2.39. The van der Waals surface area contributed by atoms with Crippen molar-refractivity contribution in [3.63, 3.8) is 0 Å². The molecule has 2 fully saturated rings. The normalized spacial score (nSPS) is 27.6. The Kier molecular flexibility index (Phi) is 3.03. The van der Waals surface area contributed by atoms with Crippen LogP contribution in [0.5, 0.6) is 0 Å². The van der Waals surface area contributed by atoms with Crippen molar-refractivity contribution < 1.29 is 13.2 Å². The van der Waals surface area contributed by atoms with Gasteiger partial charge in [-0.05, 0) is 43.5 Å². The maximum Gasteiger partial charge on any atom is 0.243 e. The number of nitrogens with zero attached hydrogens (tertiary/aromatic N) is 1. The molecule has 1 aromatic rings. The minimum absolute atomic E-state index is 0.0580. The number of nitrogens with two attached hydrogens (primary N) is 1. The second-order valence-electron chi connectivity index (χ2n) is 5.30. The third-order valence-corrected chi connectivity index (χ3v) is 5.82. The summed E-state index contributed by atoms with van der Waals surface area (Å²) in [5.41, 5.74) is 6.95. The lowest BCUT2D eigenvalue weighted by atomic mass is 10.2. The van der Waals surface area contributed by atoms with Crippen LogP contribution in [0.4, 0.5) is 5.69 Å². The van der Waals surface area contributed by atoms with E-state index in [0.29, 0.717) is 29.2 Å². The van der Waals surface area contributed by atoms with Crippen molar-refractivity contribution in [3.05, 3.63) is 23.8 Å². The average Bonchev–Trinajstić information content (AvgIpc) is 2.67. The third-order valence-electron chi connectivity index (χ3n) is 3.83. The summed E-state index contributed by atoms with van der Waals surface area (Å²) in [6.45, 7) is 2.70. The topological polar surface area (TPSA) is 72.6 Å². The first-order chi connectivity index (χ1) is 8.96. The predicted octanol–water partition coefficient (Wildman–Crippen LogP) is 1.13. The SMILES string of the molecule is Cc1cc(N)ccc1S(=O)(=O)N1CC2CCC(C1)O2. The summed E-state index contributed by atoms with van der Waals surface area (Å²) in [5.74, 6) is 0. The van der Waals surface area contributed by atoms with Crippen LogP contribution in [0.3, 0.4) is 0 Å². The van der Waals surface area contributed by atoms with Crippen LogP contribution in [0.15, 0.2) is 23.1 Å². The van der Waals surface area contributed by atoms with Gasteiger partial charge in [0.05, 0.1) is 17.1 Å². The van der Waals surface area contributed by atoms with Gasteiger partial charge in [-0.25, -0.2) is 8.42 Å². The number of hydrogen-bond donors (Lipinski definition) is 1. The molecule has 0 aliphatic carbocycles. The molecule has 2 bridgehead atoms. The summed E-state index contributed by atoms with van der Waals surface area (Å²) in [6, 6.07) is 4.92. The fourth-order valence-electron chi connectivity index (χ4n) is 2.87. The van der Waals surface area contributed by atoms with Gasteiger partial charge in [-0.2, -0.15) is 4.31 Å². The van der Waals surface area contributed by atoms with E-state index >= 15 is 0 Å². The number of morpholine rings is 1. The average molecular weight is 282 g/mol. The second-order valence-corrected chi connectivity index (χ2v) is 7.21. The minimum atomic E-state index is -3.44. The molecule has 0 spiro atoms. The Bertz CT molecular complexity index is 588. The van der Waals surface area contributed by atoms with Gasteiger partial charge in [-0.15, -0.1) is 0 Å². The smallest absolute Gasteiger partial charge is 0.243 e. The number of rotatable bonds is 2. The molecule has 0 aromatic heterocycles. The van der Waals surface area contributed by atoms with Gasteiger partial charge in [0.1, 0.15) is 0 Å². The molecule has 2 atom stereocenters. The summed E-state index contributed by atoms with van der Waals surface area (Å²) in [7, 11) is -3.44. The van der Waals surface area contributed by atoms with Crippen LogP contribution in [-0.4, -0.2) is 38.0 Å². The predicted molar refractivity (Wildman–Crippen MR) is 72.2 cm³/mol. The van der Waals surface area contributed by atoms with Gasteiger partial charge in [0.15, 0.2) is 0 Å². The summed E-state index contributed by atoms with van der Waals surface area (Å²) in [5, 5.41) is 0. The molecule has 0 radical (unpaired) electrons. The maximum atomic E-state index is 12.7. The third kappa shape index (κ3) is 2.24. The quantitative estimate of drug-likeness (QED) is 0.825. The van der Waals surface area contributed by atoms with Gasteiger partial charge in [-0.3, -0.25) is 0 Å². The van der Waals surface area contributed by atoms with Crippen molar-refractivity contribution in [1.29, 1.82) is 0 Å². The van der Waals surface area contributed by atoms with Crippen molar-refractivity contribution >= 4 is 15.7 Å². The summed E-state index contributed by atoms with van der Waals surface area (Å²) in [6.07, 6.45) is 2.03. The first kappa shape index (κ1) is 12.9. The van der Waals surface area contributed by atoms with Crippen LogP contribution in [0.2, 0.25) is 0 Å². The van der Waals surface area contributed by atoms with Gasteiger partial charge >= 0.3 is 0 Å². The van der Waals surface area contributed by atoms with Crippen LogP contribution in [0.25, 0.3) is 0 Å². The maximum absolute atomic E-state index is 12.7. The molecule has 2 saturated heterocycles. The highest BCUT2D eigenvalue weighted by atomic mass is 32.2. The van der Waals surface area contributed by atoms with E-state index in [9.17, 15) is 8.42 Å². The van der Waals surface area contributed by atoms with Gasteiger partial charge in [0, 0.05) is 18.8 Å². The van der Waals surface area contributed by atoms with Crippen LogP contribution < -0.4 is 5.73 Å². The summed E-state index contributed by atoms with van der Waals surface area (Å²) < 4.78 is 32.6. The molecular weight excluding hydrogens is 264 g/mol. The molecule has 19 heavy (non-hydrogen) atoms. The molecule has 2 heterocycles. The zero-order valence-electron chi connectivity index (χ0n) is 10.9. The molecule has 6 heteroatoms. The van der Waals surface area contributed by atoms with Crippen molar-refractivity contribution in [2.75, 3.05) is 18.8 Å². The van der Waals surface area contributed by atoms with Crippen molar-refractivity contribution in [3.8, 4) is 0 Å². The molecule has 2 aliphatic heterocycles. The molecule has 0 saturated carbocycles. The van der Waals surface area contributed by atoms with Gasteiger partial charge in [0.25, 0.3) is 0 Å². The number of fused-ring (bicyclic) bond motifs is 2. The largest absolute Gasteiger partial charge is 0.399 e. The highest BCUT2D eigenvalue weighted by molar-refractivity contribution is 7.89. The Morgan fingerprint density at radius 1 is 1.26 bits per heavy atom. The van der Waals surface area contributed by atoms with E-state index in [2.05, 4.69) is 0 Å². The van der Waals surface area contributed by atoms with E-state index in [-0.39, 0.29) is 12.2 Å². The number of ether oxygens (including phenoxy) is 1. The van der Waals surface area contributed by atoms with Crippen LogP contribution in [0, 0.1) is 6.92 Å². The van der Waals surface area contributed by atoms with E-state index in [1.165, 1.54) is 0 Å². The van der Waals surface area contributed by atoms with Crippen LogP contribution in [0.1, 0.15) is 18.4 Å². The highest BCUT2D eigenvalue weighted by Crippen LogP contribution is 2.31. The van der Waals surface area contributed by atoms with Crippen molar-refractivity contribution in [2.24, 2.45) is 0 Å². The first-order valence-electron chi connectivity index (χ1n) is 6.48. The zero-order chi connectivity index (χ0) is 13.6. The van der Waals surface area contributed by atoms with Crippen molar-refractivity contribution in [1.82, 2.24) is 4.31 Å². The molecule has 2 unspecified atom stereocenters. The van der Waals surface area contributed by atoms with E-state index in [1.54, 1.807) is 29.4 Å². The number of nitrogen functional groups attached to an aromatic ring is 1. The Labute approximate surface area is 113 Å². The van der Waals surface area contributed by atoms with E-state index in [4.69, 9.17) is 10.5 Å². The van der Waals surface area contributed by atoms with E-state index in [1.807, 2.05) is 0 Å². The Hall–Kier alpha value is -1.11. The number of sulfonamides is 1. The van der Waals surface area contributed by atoms with Crippen molar-refractivity contribution in [2.45, 2.75) is 36.9 Å². The molecular formula is C13H18N2O3S. The fraction of sp³-hybridized carbons (Fsp3) is 0.538. The number of hydrogen-bond acceptors (Lipinski definition) is 4. The molecule has 104 valence electrons.